The molecule has 5 nitrogen and oxygen atoms in total. The lowest BCUT2D eigenvalue weighted by Gasteiger charge is -2.61. The van der Waals surface area contributed by atoms with E-state index in [2.05, 4.69) is 9.80 Å². The van der Waals surface area contributed by atoms with Gasteiger partial charge in [0.05, 0.1) is 5.60 Å². The Hall–Kier alpha value is -1.59. The topological polar surface area (TPSA) is 64.0 Å². The molecule has 2 saturated heterocycles. The molecule has 2 heterocycles. The lowest BCUT2D eigenvalue weighted by Crippen LogP contribution is -2.71. The van der Waals surface area contributed by atoms with Gasteiger partial charge in [-0.2, -0.15) is 0 Å². The molecule has 2 bridgehead atoms. The Kier molecular flexibility index (Phi) is 5.49. The molecule has 6 rings (SSSR count). The van der Waals surface area contributed by atoms with Gasteiger partial charge in [-0.25, -0.2) is 0 Å². The maximum Gasteiger partial charge on any atom is 0.223 e. The van der Waals surface area contributed by atoms with E-state index in [-0.39, 0.29) is 17.7 Å². The van der Waals surface area contributed by atoms with Crippen LogP contribution < -0.4 is 0 Å². The van der Waals surface area contributed by atoms with E-state index in [0.717, 1.165) is 56.3 Å². The van der Waals surface area contributed by atoms with Crippen molar-refractivity contribution in [3.05, 3.63) is 29.3 Å². The highest BCUT2D eigenvalue weighted by Crippen LogP contribution is 2.57. The highest BCUT2D eigenvalue weighted by Gasteiger charge is 2.64. The second-order valence-corrected chi connectivity index (χ2v) is 11.9. The number of benzene rings is 1. The van der Waals surface area contributed by atoms with Crippen LogP contribution in [0.1, 0.15) is 81.8 Å². The lowest BCUT2D eigenvalue weighted by atomic mass is 9.52. The molecule has 5 heteroatoms. The molecule has 1 aromatic carbocycles. The van der Waals surface area contributed by atoms with Crippen molar-refractivity contribution >= 4 is 5.91 Å². The van der Waals surface area contributed by atoms with Crippen molar-refractivity contribution in [1.82, 2.24) is 9.80 Å². The van der Waals surface area contributed by atoms with E-state index in [9.17, 15) is 15.0 Å². The van der Waals surface area contributed by atoms with E-state index in [0.29, 0.717) is 19.4 Å². The van der Waals surface area contributed by atoms with Crippen molar-refractivity contribution in [2.45, 2.75) is 94.1 Å². The fourth-order valence-electron chi connectivity index (χ4n) is 7.83. The van der Waals surface area contributed by atoms with E-state index in [1.54, 1.807) is 6.07 Å². The van der Waals surface area contributed by atoms with Crippen molar-refractivity contribution in [1.29, 1.82) is 0 Å². The van der Waals surface area contributed by atoms with Gasteiger partial charge in [-0.15, -0.1) is 0 Å². The third-order valence-electron chi connectivity index (χ3n) is 9.96. The largest absolute Gasteiger partial charge is 0.508 e. The maximum atomic E-state index is 13.7. The Bertz CT molecular complexity index is 908. The van der Waals surface area contributed by atoms with Crippen LogP contribution in [0.15, 0.2) is 18.2 Å². The number of carbonyl (C=O) groups excluding carboxylic acids is 1. The van der Waals surface area contributed by atoms with E-state index in [1.807, 2.05) is 12.1 Å². The summed E-state index contributed by atoms with van der Waals surface area (Å²) in [6.45, 7) is 3.51. The molecule has 5 aliphatic rings. The highest BCUT2D eigenvalue weighted by molar-refractivity contribution is 5.79. The number of fused-ring (bicyclic) bond motifs is 1. The summed E-state index contributed by atoms with van der Waals surface area (Å²) in [5.41, 5.74) is 0.748. The molecule has 0 aromatic heterocycles. The summed E-state index contributed by atoms with van der Waals surface area (Å²) in [5, 5.41) is 22.9. The number of hydrogen-bond acceptors (Lipinski definition) is 4. The molecule has 0 spiro atoms. The number of phenols is 1. The van der Waals surface area contributed by atoms with Crippen LogP contribution in [0.25, 0.3) is 0 Å². The predicted octanol–water partition coefficient (Wildman–Crippen LogP) is 3.99. The molecule has 1 amide bonds. The van der Waals surface area contributed by atoms with E-state index in [4.69, 9.17) is 0 Å². The Labute approximate surface area is 198 Å². The second kappa shape index (κ2) is 8.27. The van der Waals surface area contributed by atoms with Gasteiger partial charge in [0.25, 0.3) is 0 Å². The second-order valence-electron chi connectivity index (χ2n) is 11.9. The fourth-order valence-corrected chi connectivity index (χ4v) is 7.83. The van der Waals surface area contributed by atoms with Gasteiger partial charge < -0.3 is 15.1 Å². The Balaban J connectivity index is 1.32. The van der Waals surface area contributed by atoms with Gasteiger partial charge in [0, 0.05) is 37.5 Å². The summed E-state index contributed by atoms with van der Waals surface area (Å²) in [6, 6.07) is 5.74. The number of amides is 1. The first-order valence-electron chi connectivity index (χ1n) is 13.6. The summed E-state index contributed by atoms with van der Waals surface area (Å²) in [6.07, 6.45) is 13.0. The van der Waals surface area contributed by atoms with Gasteiger partial charge in [0.15, 0.2) is 0 Å². The number of piperidine rings is 1. The zero-order valence-electron chi connectivity index (χ0n) is 20.0. The average molecular weight is 453 g/mol. The van der Waals surface area contributed by atoms with Crippen LogP contribution in [0.5, 0.6) is 5.75 Å². The number of likely N-dealkylation sites (tertiary alicyclic amines) is 2. The minimum absolute atomic E-state index is 0.0648. The maximum absolute atomic E-state index is 13.7. The SMILES string of the molecule is O=C1C[C@]23CCN(CC4CC4)C(Cc4ccc(O)cc42)[C@]3(O)CCN1CCC1CCCCC1. The molecule has 2 N–H and O–H groups in total. The normalized spacial score (nSPS) is 35.1. The third-order valence-corrected chi connectivity index (χ3v) is 9.96. The lowest BCUT2D eigenvalue weighted by molar-refractivity contribution is -0.153. The van der Waals surface area contributed by atoms with Crippen LogP contribution in [0, 0.1) is 11.8 Å². The highest BCUT2D eigenvalue weighted by atomic mass is 16.3. The minimum Gasteiger partial charge on any atom is -0.508 e. The summed E-state index contributed by atoms with van der Waals surface area (Å²) in [4.78, 5) is 18.3. The van der Waals surface area contributed by atoms with Crippen molar-refractivity contribution in [2.24, 2.45) is 11.8 Å². The van der Waals surface area contributed by atoms with Crippen LogP contribution in [0.4, 0.5) is 0 Å². The molecular weight excluding hydrogens is 412 g/mol. The van der Waals surface area contributed by atoms with Crippen LogP contribution in [0.2, 0.25) is 0 Å². The minimum atomic E-state index is -0.920. The quantitative estimate of drug-likeness (QED) is 0.709. The molecule has 3 atom stereocenters. The molecule has 1 unspecified atom stereocenters. The standard InChI is InChI=1S/C28H40N2O3/c31-23-9-8-22-16-25-28(33)12-15-29(13-10-20-4-2-1-3-5-20)26(32)18-27(28,24(22)17-23)11-14-30(25)19-21-6-7-21/h8-9,17,20-21,25,31,33H,1-7,10-16,18-19H2/t25?,27-,28-/m1/s1. The average Bonchev–Trinajstić information content (AvgIpc) is 3.63. The van der Waals surface area contributed by atoms with Crippen LogP contribution in [-0.4, -0.2) is 63.7 Å². The van der Waals surface area contributed by atoms with Crippen molar-refractivity contribution in [3.63, 3.8) is 0 Å². The first-order chi connectivity index (χ1) is 16.0. The third kappa shape index (κ3) is 3.70. The molecule has 2 saturated carbocycles. The van der Waals surface area contributed by atoms with Crippen LogP contribution in [-0.2, 0) is 16.6 Å². The van der Waals surface area contributed by atoms with Gasteiger partial charge in [-0.3, -0.25) is 9.69 Å². The number of nitrogens with zero attached hydrogens (tertiary/aromatic N) is 2. The summed E-state index contributed by atoms with van der Waals surface area (Å²) in [7, 11) is 0. The molecule has 4 fully saturated rings. The molecule has 180 valence electrons. The number of hydrogen-bond donors (Lipinski definition) is 2. The van der Waals surface area contributed by atoms with Crippen molar-refractivity contribution in [2.75, 3.05) is 26.2 Å². The first kappa shape index (κ1) is 21.9. The molecule has 33 heavy (non-hydrogen) atoms. The van der Waals surface area contributed by atoms with Gasteiger partial charge in [0.2, 0.25) is 5.91 Å². The van der Waals surface area contributed by atoms with Crippen LogP contribution in [0.3, 0.4) is 0 Å². The van der Waals surface area contributed by atoms with Gasteiger partial charge >= 0.3 is 0 Å². The molecule has 2 aliphatic heterocycles. The smallest absolute Gasteiger partial charge is 0.223 e. The van der Waals surface area contributed by atoms with E-state index >= 15 is 0 Å². The summed E-state index contributed by atoms with van der Waals surface area (Å²) >= 11 is 0. The Morgan fingerprint density at radius 1 is 1.00 bits per heavy atom. The van der Waals surface area contributed by atoms with Crippen molar-refractivity contribution < 1.29 is 15.0 Å². The predicted molar refractivity (Wildman–Crippen MR) is 128 cm³/mol. The first-order valence-corrected chi connectivity index (χ1v) is 13.6. The molecule has 0 radical (unpaired) electrons. The Morgan fingerprint density at radius 3 is 2.61 bits per heavy atom. The number of aromatic hydroxyl groups is 1. The number of rotatable bonds is 5. The monoisotopic (exact) mass is 452 g/mol. The molecule has 1 aromatic rings. The molecular formula is C28H40N2O3. The number of phenolic OH excluding ortho intramolecular Hbond substituents is 1. The zero-order valence-corrected chi connectivity index (χ0v) is 20.0. The van der Waals surface area contributed by atoms with Gasteiger partial charge in [0.1, 0.15) is 5.75 Å². The zero-order chi connectivity index (χ0) is 22.6. The van der Waals surface area contributed by atoms with E-state index in [1.165, 1.54) is 50.5 Å². The number of carbonyl (C=O) groups is 1. The Morgan fingerprint density at radius 2 is 1.82 bits per heavy atom. The molecule has 3 aliphatic carbocycles. The fraction of sp³-hybridized carbons (Fsp3) is 0.750. The summed E-state index contributed by atoms with van der Waals surface area (Å²) < 4.78 is 0. The number of aliphatic hydroxyl groups is 1. The van der Waals surface area contributed by atoms with Crippen molar-refractivity contribution in [3.8, 4) is 5.75 Å². The van der Waals surface area contributed by atoms with Gasteiger partial charge in [-0.1, -0.05) is 38.2 Å². The van der Waals surface area contributed by atoms with Crippen LogP contribution >= 0.6 is 0 Å². The van der Waals surface area contributed by atoms with E-state index < -0.39 is 11.0 Å². The summed E-state index contributed by atoms with van der Waals surface area (Å²) in [5.74, 6) is 1.98. The van der Waals surface area contributed by atoms with Gasteiger partial charge in [-0.05, 0) is 80.2 Å².